The molecule has 1 aromatic rings. The van der Waals surface area contributed by atoms with Gasteiger partial charge >= 0.3 is 0 Å². The van der Waals surface area contributed by atoms with Gasteiger partial charge in [-0.2, -0.15) is 0 Å². The molecule has 1 aliphatic rings. The summed E-state index contributed by atoms with van der Waals surface area (Å²) in [5, 5.41) is 9.19. The number of phenolic OH excluding ortho intramolecular Hbond substituents is 1. The van der Waals surface area contributed by atoms with E-state index < -0.39 is 12.2 Å². The zero-order chi connectivity index (χ0) is 13.8. The molecule has 5 heteroatoms. The molecule has 0 radical (unpaired) electrons. The van der Waals surface area contributed by atoms with Crippen molar-refractivity contribution in [1.29, 1.82) is 0 Å². The van der Waals surface area contributed by atoms with Crippen LogP contribution in [0.15, 0.2) is 24.3 Å². The van der Waals surface area contributed by atoms with E-state index in [1.54, 1.807) is 29.2 Å². The van der Waals surface area contributed by atoms with E-state index in [9.17, 15) is 14.3 Å². The summed E-state index contributed by atoms with van der Waals surface area (Å²) in [6.45, 7) is 0.895. The van der Waals surface area contributed by atoms with E-state index in [0.717, 1.165) is 5.56 Å². The Bertz CT molecular complexity index is 428. The molecule has 1 saturated heterocycles. The Morgan fingerprint density at radius 2 is 1.95 bits per heavy atom. The van der Waals surface area contributed by atoms with Crippen LogP contribution in [0, 0.1) is 0 Å². The van der Waals surface area contributed by atoms with Crippen molar-refractivity contribution in [2.75, 3.05) is 13.1 Å². The van der Waals surface area contributed by atoms with E-state index in [0.29, 0.717) is 32.4 Å². The topological polar surface area (TPSA) is 66.6 Å². The van der Waals surface area contributed by atoms with Crippen LogP contribution in [0.2, 0.25) is 0 Å². The standard InChI is InChI=1S/C14H19FN2O2/c15-11-5-7-17(8-6-11)14(19)13(16)9-10-1-3-12(18)4-2-10/h1-4,11,13,18H,5-9,16H2/t13-/m1/s1. The lowest BCUT2D eigenvalue weighted by molar-refractivity contribution is -0.134. The molecule has 1 aliphatic heterocycles. The highest BCUT2D eigenvalue weighted by atomic mass is 19.1. The van der Waals surface area contributed by atoms with Crippen molar-refractivity contribution in [3.05, 3.63) is 29.8 Å². The minimum atomic E-state index is -0.794. The summed E-state index contributed by atoms with van der Waals surface area (Å²) < 4.78 is 13.0. The highest BCUT2D eigenvalue weighted by Crippen LogP contribution is 2.15. The number of alkyl halides is 1. The van der Waals surface area contributed by atoms with Crippen LogP contribution in [0.3, 0.4) is 0 Å². The number of likely N-dealkylation sites (tertiary alicyclic amines) is 1. The number of carbonyl (C=O) groups excluding carboxylic acids is 1. The summed E-state index contributed by atoms with van der Waals surface area (Å²) in [4.78, 5) is 13.7. The van der Waals surface area contributed by atoms with Gasteiger partial charge in [0.05, 0.1) is 6.04 Å². The summed E-state index contributed by atoms with van der Waals surface area (Å²) in [5.41, 5.74) is 6.81. The predicted octanol–water partition coefficient (Wildman–Crippen LogP) is 1.22. The number of halogens is 1. The second-order valence-corrected chi connectivity index (χ2v) is 4.98. The van der Waals surface area contributed by atoms with Crippen molar-refractivity contribution in [2.45, 2.75) is 31.5 Å². The molecule has 104 valence electrons. The third kappa shape index (κ3) is 3.67. The maximum atomic E-state index is 13.0. The van der Waals surface area contributed by atoms with Crippen LogP contribution in [-0.4, -0.2) is 41.2 Å². The summed E-state index contributed by atoms with van der Waals surface area (Å²) in [7, 11) is 0. The molecule has 3 N–H and O–H groups in total. The molecule has 0 spiro atoms. The first kappa shape index (κ1) is 13.8. The molecular formula is C14H19FN2O2. The van der Waals surface area contributed by atoms with Gasteiger partial charge in [-0.05, 0) is 37.0 Å². The van der Waals surface area contributed by atoms with Crippen LogP contribution in [0.25, 0.3) is 0 Å². The van der Waals surface area contributed by atoms with Crippen molar-refractivity contribution in [1.82, 2.24) is 4.90 Å². The number of phenols is 1. The number of rotatable bonds is 3. The van der Waals surface area contributed by atoms with Gasteiger partial charge in [0.2, 0.25) is 5.91 Å². The molecule has 0 aliphatic carbocycles. The lowest BCUT2D eigenvalue weighted by Gasteiger charge is -2.30. The predicted molar refractivity (Wildman–Crippen MR) is 70.5 cm³/mol. The lowest BCUT2D eigenvalue weighted by atomic mass is 10.0. The number of hydrogen-bond donors (Lipinski definition) is 2. The molecule has 1 heterocycles. The van der Waals surface area contributed by atoms with Gasteiger partial charge in [-0.15, -0.1) is 0 Å². The van der Waals surface area contributed by atoms with Gasteiger partial charge < -0.3 is 15.7 Å². The summed E-state index contributed by atoms with van der Waals surface area (Å²) in [5.74, 6) is 0.0636. The fraction of sp³-hybridized carbons (Fsp3) is 0.500. The van der Waals surface area contributed by atoms with Crippen molar-refractivity contribution in [3.63, 3.8) is 0 Å². The van der Waals surface area contributed by atoms with Crippen molar-refractivity contribution in [2.24, 2.45) is 5.73 Å². The molecule has 0 bridgehead atoms. The molecule has 1 atom stereocenters. The summed E-state index contributed by atoms with van der Waals surface area (Å²) >= 11 is 0. The third-order valence-electron chi connectivity index (χ3n) is 3.45. The zero-order valence-electron chi connectivity index (χ0n) is 10.8. The number of piperidine rings is 1. The molecule has 1 amide bonds. The van der Waals surface area contributed by atoms with Gasteiger partial charge in [-0.1, -0.05) is 12.1 Å². The minimum Gasteiger partial charge on any atom is -0.508 e. The summed E-state index contributed by atoms with van der Waals surface area (Å²) in [6.07, 6.45) is 0.432. The van der Waals surface area contributed by atoms with Crippen molar-refractivity contribution in [3.8, 4) is 5.75 Å². The van der Waals surface area contributed by atoms with Crippen LogP contribution >= 0.6 is 0 Å². The Labute approximate surface area is 112 Å². The smallest absolute Gasteiger partial charge is 0.239 e. The summed E-state index contributed by atoms with van der Waals surface area (Å²) in [6, 6.07) is 6.02. The van der Waals surface area contributed by atoms with Gasteiger partial charge in [-0.25, -0.2) is 4.39 Å². The zero-order valence-corrected chi connectivity index (χ0v) is 10.8. The van der Waals surface area contributed by atoms with E-state index >= 15 is 0 Å². The number of amides is 1. The third-order valence-corrected chi connectivity index (χ3v) is 3.45. The van der Waals surface area contributed by atoms with Crippen molar-refractivity contribution >= 4 is 5.91 Å². The van der Waals surface area contributed by atoms with Gasteiger partial charge in [0, 0.05) is 13.1 Å². The molecule has 19 heavy (non-hydrogen) atoms. The van der Waals surface area contributed by atoms with Crippen LogP contribution in [-0.2, 0) is 11.2 Å². The van der Waals surface area contributed by atoms with Gasteiger partial charge in [0.1, 0.15) is 11.9 Å². The van der Waals surface area contributed by atoms with E-state index in [4.69, 9.17) is 5.73 Å². The number of benzene rings is 1. The Morgan fingerprint density at radius 3 is 2.53 bits per heavy atom. The van der Waals surface area contributed by atoms with Gasteiger partial charge in [-0.3, -0.25) is 4.79 Å². The molecule has 0 unspecified atom stereocenters. The first-order chi connectivity index (χ1) is 9.06. The number of aromatic hydroxyl groups is 1. The van der Waals surface area contributed by atoms with Gasteiger partial charge in [0.15, 0.2) is 0 Å². The molecule has 1 aromatic carbocycles. The molecule has 2 rings (SSSR count). The normalized spacial score (nSPS) is 18.3. The average molecular weight is 266 g/mol. The maximum absolute atomic E-state index is 13.0. The Kier molecular flexibility index (Phi) is 4.37. The van der Waals surface area contributed by atoms with Gasteiger partial charge in [0.25, 0.3) is 0 Å². The number of carbonyl (C=O) groups is 1. The molecule has 4 nitrogen and oxygen atoms in total. The van der Waals surface area contributed by atoms with E-state index in [2.05, 4.69) is 0 Å². The molecular weight excluding hydrogens is 247 g/mol. The lowest BCUT2D eigenvalue weighted by Crippen LogP contribution is -2.48. The van der Waals surface area contributed by atoms with Crippen LogP contribution in [0.4, 0.5) is 4.39 Å². The fourth-order valence-electron chi connectivity index (χ4n) is 2.28. The number of hydrogen-bond acceptors (Lipinski definition) is 3. The van der Waals surface area contributed by atoms with E-state index in [1.807, 2.05) is 0 Å². The Balaban J connectivity index is 1.90. The first-order valence-corrected chi connectivity index (χ1v) is 6.52. The second-order valence-electron chi connectivity index (χ2n) is 4.98. The maximum Gasteiger partial charge on any atom is 0.239 e. The Morgan fingerprint density at radius 1 is 1.37 bits per heavy atom. The quantitative estimate of drug-likeness (QED) is 0.864. The number of nitrogens with zero attached hydrogens (tertiary/aromatic N) is 1. The van der Waals surface area contributed by atoms with Crippen LogP contribution in [0.5, 0.6) is 5.75 Å². The SMILES string of the molecule is N[C@H](Cc1ccc(O)cc1)C(=O)N1CCC(F)CC1. The largest absolute Gasteiger partial charge is 0.508 e. The Hall–Kier alpha value is -1.62. The highest BCUT2D eigenvalue weighted by molar-refractivity contribution is 5.82. The second kappa shape index (κ2) is 6.02. The van der Waals surface area contributed by atoms with Crippen LogP contribution < -0.4 is 5.73 Å². The molecule has 0 aromatic heterocycles. The first-order valence-electron chi connectivity index (χ1n) is 6.52. The van der Waals surface area contributed by atoms with Crippen LogP contribution in [0.1, 0.15) is 18.4 Å². The fourth-order valence-corrected chi connectivity index (χ4v) is 2.28. The van der Waals surface area contributed by atoms with E-state index in [1.165, 1.54) is 0 Å². The molecule has 0 saturated carbocycles. The number of nitrogens with two attached hydrogens (primary N) is 1. The monoisotopic (exact) mass is 266 g/mol. The van der Waals surface area contributed by atoms with Crippen molar-refractivity contribution < 1.29 is 14.3 Å². The highest BCUT2D eigenvalue weighted by Gasteiger charge is 2.26. The average Bonchev–Trinajstić information content (AvgIpc) is 2.41. The minimum absolute atomic E-state index is 0.125. The van der Waals surface area contributed by atoms with E-state index in [-0.39, 0.29) is 11.7 Å². The molecule has 1 fully saturated rings.